The Morgan fingerprint density at radius 3 is 2.85 bits per heavy atom. The van der Waals surface area contributed by atoms with Gasteiger partial charge < -0.3 is 9.47 Å². The summed E-state index contributed by atoms with van der Waals surface area (Å²) in [6, 6.07) is 4.55. The van der Waals surface area contributed by atoms with E-state index in [9.17, 15) is 4.79 Å². The molecular formula is C22H28N2O3. The van der Waals surface area contributed by atoms with E-state index in [4.69, 9.17) is 9.47 Å². The third-order valence-corrected chi connectivity index (χ3v) is 7.36. The summed E-state index contributed by atoms with van der Waals surface area (Å²) < 4.78 is 13.7. The van der Waals surface area contributed by atoms with Crippen molar-refractivity contribution in [2.24, 2.45) is 5.92 Å². The molecule has 1 aliphatic heterocycles. The molecule has 5 heteroatoms. The monoisotopic (exact) mass is 368 g/mol. The molecule has 144 valence electrons. The van der Waals surface area contributed by atoms with E-state index in [2.05, 4.69) is 24.2 Å². The summed E-state index contributed by atoms with van der Waals surface area (Å²) in [5, 5.41) is 5.40. The molecule has 1 saturated heterocycles. The average Bonchev–Trinajstić information content (AvgIpc) is 3.25. The Balaban J connectivity index is 1.63. The van der Waals surface area contributed by atoms with Crippen molar-refractivity contribution in [2.45, 2.75) is 70.0 Å². The molecule has 0 N–H and O–H groups in total. The molecule has 1 aromatic heterocycles. The first-order valence-electron chi connectivity index (χ1n) is 10.4. The summed E-state index contributed by atoms with van der Waals surface area (Å²) in [5.74, 6) is 0.213. The zero-order chi connectivity index (χ0) is 18.6. The Morgan fingerprint density at radius 2 is 2.11 bits per heavy atom. The standard InChI is InChI=1S/C22H28N2O3/c1-3-21-7-8-22(26-9-10-27-22)13-18(21)6-4-5-16-12-20-17(11-19(16)21)14-23-24(20)15(2)25/h11-12,14,18H,3-10,13H2,1-2H3/t18-,21+/m1/s1. The van der Waals surface area contributed by atoms with Gasteiger partial charge in [-0.05, 0) is 66.7 Å². The highest BCUT2D eigenvalue weighted by Gasteiger charge is 2.52. The van der Waals surface area contributed by atoms with Crippen molar-refractivity contribution >= 4 is 16.8 Å². The molecule has 2 aliphatic carbocycles. The average molecular weight is 368 g/mol. The van der Waals surface area contributed by atoms with Crippen molar-refractivity contribution in [3.05, 3.63) is 29.5 Å². The topological polar surface area (TPSA) is 53.4 Å². The van der Waals surface area contributed by atoms with Crippen LogP contribution in [0, 0.1) is 5.92 Å². The molecule has 0 radical (unpaired) electrons. The summed E-state index contributed by atoms with van der Waals surface area (Å²) in [6.07, 6.45) is 9.52. The number of hydrogen-bond donors (Lipinski definition) is 0. The minimum atomic E-state index is -0.336. The first kappa shape index (κ1) is 17.4. The van der Waals surface area contributed by atoms with Crippen molar-refractivity contribution in [2.75, 3.05) is 13.2 Å². The van der Waals surface area contributed by atoms with Crippen LogP contribution in [0.2, 0.25) is 0 Å². The van der Waals surface area contributed by atoms with Gasteiger partial charge in [0.25, 0.3) is 0 Å². The van der Waals surface area contributed by atoms with Gasteiger partial charge in [0.1, 0.15) is 0 Å². The van der Waals surface area contributed by atoms with Crippen LogP contribution in [0.1, 0.15) is 68.3 Å². The Kier molecular flexibility index (Phi) is 3.96. The van der Waals surface area contributed by atoms with Crippen LogP contribution in [-0.2, 0) is 21.3 Å². The van der Waals surface area contributed by atoms with Crippen molar-refractivity contribution in [3.8, 4) is 0 Å². The van der Waals surface area contributed by atoms with Crippen LogP contribution < -0.4 is 0 Å². The van der Waals surface area contributed by atoms with E-state index >= 15 is 0 Å². The number of carbonyl (C=O) groups is 1. The van der Waals surface area contributed by atoms with Gasteiger partial charge in [-0.2, -0.15) is 5.10 Å². The lowest BCUT2D eigenvalue weighted by molar-refractivity contribution is -0.199. The maximum absolute atomic E-state index is 11.9. The number of ether oxygens (including phenoxy) is 2. The Labute approximate surface area is 160 Å². The number of aromatic nitrogens is 2. The van der Waals surface area contributed by atoms with Crippen molar-refractivity contribution < 1.29 is 14.3 Å². The van der Waals surface area contributed by atoms with Gasteiger partial charge in [-0.1, -0.05) is 6.92 Å². The molecule has 5 rings (SSSR count). The summed E-state index contributed by atoms with van der Waals surface area (Å²) in [4.78, 5) is 11.9. The fourth-order valence-electron chi connectivity index (χ4n) is 6.02. The fourth-order valence-corrected chi connectivity index (χ4v) is 6.02. The molecule has 27 heavy (non-hydrogen) atoms. The predicted octanol–water partition coefficient (Wildman–Crippen LogP) is 4.22. The van der Waals surface area contributed by atoms with Gasteiger partial charge in [-0.3, -0.25) is 4.79 Å². The number of rotatable bonds is 1. The minimum Gasteiger partial charge on any atom is -0.348 e. The molecule has 1 saturated carbocycles. The van der Waals surface area contributed by atoms with Crippen molar-refractivity contribution in [3.63, 3.8) is 0 Å². The van der Waals surface area contributed by atoms with Gasteiger partial charge in [-0.25, -0.2) is 4.68 Å². The third-order valence-electron chi connectivity index (χ3n) is 7.36. The predicted molar refractivity (Wildman–Crippen MR) is 103 cm³/mol. The van der Waals surface area contributed by atoms with Gasteiger partial charge in [-0.15, -0.1) is 0 Å². The second-order valence-corrected chi connectivity index (χ2v) is 8.55. The van der Waals surface area contributed by atoms with Gasteiger partial charge >= 0.3 is 0 Å². The normalized spacial score (nSPS) is 29.5. The SMILES string of the molecule is CC[C@]12CCC3(C[C@H]1CCCc1cc4c(cnn4C(C)=O)cc12)OCCO3. The Morgan fingerprint density at radius 1 is 1.30 bits per heavy atom. The lowest BCUT2D eigenvalue weighted by atomic mass is 9.59. The largest absolute Gasteiger partial charge is 0.348 e. The van der Waals surface area contributed by atoms with E-state index < -0.39 is 0 Å². The molecule has 1 aromatic carbocycles. The number of carbonyl (C=O) groups excluding carboxylic acids is 1. The molecular weight excluding hydrogens is 340 g/mol. The first-order valence-corrected chi connectivity index (χ1v) is 10.4. The maximum Gasteiger partial charge on any atom is 0.244 e. The van der Waals surface area contributed by atoms with E-state index in [-0.39, 0.29) is 17.1 Å². The highest BCUT2D eigenvalue weighted by molar-refractivity contribution is 5.90. The van der Waals surface area contributed by atoms with Gasteiger partial charge in [0.2, 0.25) is 5.91 Å². The number of hydrogen-bond acceptors (Lipinski definition) is 4. The Bertz CT molecular complexity index is 896. The maximum atomic E-state index is 11.9. The molecule has 2 aromatic rings. The molecule has 2 atom stereocenters. The summed E-state index contributed by atoms with van der Waals surface area (Å²) in [7, 11) is 0. The highest BCUT2D eigenvalue weighted by Crippen LogP contribution is 2.55. The summed E-state index contributed by atoms with van der Waals surface area (Å²) >= 11 is 0. The van der Waals surface area contributed by atoms with Crippen LogP contribution in [-0.4, -0.2) is 34.7 Å². The van der Waals surface area contributed by atoms with Crippen LogP contribution in [0.5, 0.6) is 0 Å². The van der Waals surface area contributed by atoms with Crippen LogP contribution >= 0.6 is 0 Å². The van der Waals surface area contributed by atoms with Gasteiger partial charge in [0.05, 0.1) is 24.9 Å². The van der Waals surface area contributed by atoms with E-state index in [1.807, 2.05) is 6.20 Å². The van der Waals surface area contributed by atoms with E-state index in [1.54, 1.807) is 6.92 Å². The molecule has 2 heterocycles. The number of fused-ring (bicyclic) bond motifs is 4. The smallest absolute Gasteiger partial charge is 0.244 e. The molecule has 3 aliphatic rings. The zero-order valence-electron chi connectivity index (χ0n) is 16.3. The molecule has 0 unspecified atom stereocenters. The van der Waals surface area contributed by atoms with Crippen LogP contribution in [0.3, 0.4) is 0 Å². The summed E-state index contributed by atoms with van der Waals surface area (Å²) in [6.45, 7) is 5.37. The lowest BCUT2D eigenvalue weighted by Crippen LogP contribution is -2.48. The first-order chi connectivity index (χ1) is 13.1. The summed E-state index contributed by atoms with van der Waals surface area (Å²) in [5.41, 5.74) is 4.01. The number of nitrogens with zero attached hydrogens (tertiary/aromatic N) is 2. The van der Waals surface area contributed by atoms with Crippen molar-refractivity contribution in [1.82, 2.24) is 9.78 Å². The number of aryl methyl sites for hydroxylation is 1. The van der Waals surface area contributed by atoms with Gasteiger partial charge in [0.15, 0.2) is 5.79 Å². The van der Waals surface area contributed by atoms with E-state index in [0.29, 0.717) is 5.92 Å². The van der Waals surface area contributed by atoms with E-state index in [1.165, 1.54) is 28.7 Å². The fraction of sp³-hybridized carbons (Fsp3) is 0.636. The Hall–Kier alpha value is -1.72. The second kappa shape index (κ2) is 6.14. The van der Waals surface area contributed by atoms with E-state index in [0.717, 1.165) is 56.2 Å². The van der Waals surface area contributed by atoms with Crippen LogP contribution in [0.15, 0.2) is 18.3 Å². The third kappa shape index (κ3) is 2.51. The minimum absolute atomic E-state index is 0.0307. The van der Waals surface area contributed by atoms with Crippen molar-refractivity contribution in [1.29, 1.82) is 0 Å². The number of benzene rings is 1. The molecule has 5 nitrogen and oxygen atoms in total. The van der Waals surface area contributed by atoms with Crippen LogP contribution in [0.25, 0.3) is 10.9 Å². The van der Waals surface area contributed by atoms with Crippen LogP contribution in [0.4, 0.5) is 0 Å². The molecule has 0 amide bonds. The highest BCUT2D eigenvalue weighted by atomic mass is 16.7. The zero-order valence-corrected chi connectivity index (χ0v) is 16.3. The molecule has 0 bridgehead atoms. The second-order valence-electron chi connectivity index (χ2n) is 8.55. The quantitative estimate of drug-likeness (QED) is 0.756. The lowest BCUT2D eigenvalue weighted by Gasteiger charge is -2.49. The molecule has 1 spiro atoms. The van der Waals surface area contributed by atoms with Gasteiger partial charge in [0, 0.05) is 25.2 Å². The molecule has 2 fully saturated rings.